The molecule has 0 fully saturated rings. The molecule has 0 aliphatic heterocycles. The third-order valence-corrected chi connectivity index (χ3v) is 5.92. The molecule has 8 heteroatoms. The van der Waals surface area contributed by atoms with Crippen LogP contribution < -0.4 is 33.9 Å². The van der Waals surface area contributed by atoms with Crippen molar-refractivity contribution in [3.63, 3.8) is 0 Å². The van der Waals surface area contributed by atoms with Gasteiger partial charge in [-0.1, -0.05) is 25.5 Å². The Morgan fingerprint density at radius 3 is 2.00 bits per heavy atom. The first kappa shape index (κ1) is 25.3. The highest BCUT2D eigenvalue weighted by atomic mass is 35.5. The van der Waals surface area contributed by atoms with E-state index in [1.165, 1.54) is 17.1 Å². The van der Waals surface area contributed by atoms with Crippen molar-refractivity contribution < 1.29 is 48.3 Å². The zero-order valence-corrected chi connectivity index (χ0v) is 18.7. The van der Waals surface area contributed by atoms with Crippen LogP contribution in [0.15, 0.2) is 73.3 Å². The zero-order chi connectivity index (χ0) is 19.4. The van der Waals surface area contributed by atoms with Crippen molar-refractivity contribution in [2.75, 3.05) is 0 Å². The van der Waals surface area contributed by atoms with Gasteiger partial charge in [0.1, 0.15) is 0 Å². The molecule has 0 aliphatic carbocycles. The average molecular weight is 455 g/mol. The Morgan fingerprint density at radius 1 is 0.931 bits per heavy atom. The van der Waals surface area contributed by atoms with Gasteiger partial charge in [0.05, 0.1) is 0 Å². The number of hydrogen-bond acceptors (Lipinski definition) is 1. The predicted molar refractivity (Wildman–Crippen MR) is 104 cm³/mol. The summed E-state index contributed by atoms with van der Waals surface area (Å²) in [5.74, 6) is -0.875. The van der Waals surface area contributed by atoms with Crippen molar-refractivity contribution in [1.29, 1.82) is 0 Å². The lowest BCUT2D eigenvalue weighted by atomic mass is 10.1. The summed E-state index contributed by atoms with van der Waals surface area (Å²) in [5, 5.41) is 0. The molecule has 0 radical (unpaired) electrons. The number of halogens is 2. The van der Waals surface area contributed by atoms with Crippen molar-refractivity contribution in [3.05, 3.63) is 78.9 Å². The highest BCUT2D eigenvalue weighted by Crippen LogP contribution is 2.45. The van der Waals surface area contributed by atoms with Crippen molar-refractivity contribution in [2.24, 2.45) is 0 Å². The maximum atomic E-state index is 11.4. The van der Waals surface area contributed by atoms with Gasteiger partial charge in [-0.25, -0.2) is 0 Å². The normalized spacial score (nSPS) is 11.9. The molecule has 156 valence electrons. The SMILES string of the molecule is CCCc1cccc(-[n+]2ccc(-c3cc[n+](C(C)P(=O)(O)O)cc3)cc2)c1.[Cl-].[Cl-]. The Balaban J connectivity index is 0.00000210. The van der Waals surface area contributed by atoms with Crippen molar-refractivity contribution >= 4 is 7.60 Å². The summed E-state index contributed by atoms with van der Waals surface area (Å²) in [7, 11) is -4.16. The van der Waals surface area contributed by atoms with E-state index in [2.05, 4.69) is 35.8 Å². The number of pyridine rings is 2. The topological polar surface area (TPSA) is 65.3 Å². The highest BCUT2D eigenvalue weighted by Gasteiger charge is 2.32. The molecule has 3 rings (SSSR count). The maximum Gasteiger partial charge on any atom is 0.392 e. The Bertz CT molecular complexity index is 960. The molecule has 1 atom stereocenters. The van der Waals surface area contributed by atoms with Gasteiger partial charge >= 0.3 is 7.60 Å². The molecule has 3 aromatic rings. The van der Waals surface area contributed by atoms with Crippen molar-refractivity contribution in [3.8, 4) is 16.8 Å². The van der Waals surface area contributed by atoms with E-state index >= 15 is 0 Å². The fraction of sp³-hybridized carbons (Fsp3) is 0.238. The zero-order valence-electron chi connectivity index (χ0n) is 16.3. The van der Waals surface area contributed by atoms with Gasteiger partial charge in [-0.3, -0.25) is 4.57 Å². The molecule has 0 spiro atoms. The van der Waals surface area contributed by atoms with Crippen LogP contribution in [0, 0.1) is 0 Å². The Kier molecular flexibility index (Phi) is 9.47. The van der Waals surface area contributed by atoms with Gasteiger partial charge in [0.2, 0.25) is 5.69 Å². The molecule has 0 saturated heterocycles. The summed E-state index contributed by atoms with van der Waals surface area (Å²) >= 11 is 0. The summed E-state index contributed by atoms with van der Waals surface area (Å²) < 4.78 is 15.0. The van der Waals surface area contributed by atoms with E-state index in [0.29, 0.717) is 0 Å². The van der Waals surface area contributed by atoms with Gasteiger partial charge in [0, 0.05) is 43.3 Å². The molecule has 2 aromatic heterocycles. The smallest absolute Gasteiger partial charge is 0.392 e. The fourth-order valence-corrected chi connectivity index (χ4v) is 3.51. The maximum absolute atomic E-state index is 11.4. The van der Waals surface area contributed by atoms with E-state index in [4.69, 9.17) is 0 Å². The third-order valence-electron chi connectivity index (χ3n) is 4.68. The predicted octanol–water partition coefficient (Wildman–Crippen LogP) is -2.43. The largest absolute Gasteiger partial charge is 1.00 e. The number of aryl methyl sites for hydroxylation is 1. The highest BCUT2D eigenvalue weighted by molar-refractivity contribution is 7.51. The van der Waals surface area contributed by atoms with Crippen LogP contribution in [0.1, 0.15) is 31.6 Å². The van der Waals surface area contributed by atoms with Crippen LogP contribution in [0.4, 0.5) is 0 Å². The second-order valence-corrected chi connectivity index (χ2v) is 8.59. The van der Waals surface area contributed by atoms with Gasteiger partial charge in [-0.15, -0.1) is 0 Å². The minimum absolute atomic E-state index is 0. The van der Waals surface area contributed by atoms with Gasteiger partial charge in [0.15, 0.2) is 24.8 Å². The molecule has 0 aliphatic rings. The van der Waals surface area contributed by atoms with E-state index in [9.17, 15) is 14.4 Å². The lowest BCUT2D eigenvalue weighted by molar-refractivity contribution is -0.701. The third kappa shape index (κ3) is 6.36. The van der Waals surface area contributed by atoms with Crippen LogP contribution in [0.5, 0.6) is 0 Å². The van der Waals surface area contributed by atoms with E-state index in [-0.39, 0.29) is 24.8 Å². The second kappa shape index (κ2) is 10.9. The minimum atomic E-state index is -4.16. The Labute approximate surface area is 184 Å². The first-order chi connectivity index (χ1) is 12.9. The molecule has 2 heterocycles. The number of nitrogens with zero attached hydrogens (tertiary/aromatic N) is 2. The number of rotatable bonds is 6. The van der Waals surface area contributed by atoms with Crippen LogP contribution in [0.3, 0.4) is 0 Å². The molecule has 0 saturated carbocycles. The summed E-state index contributed by atoms with van der Waals surface area (Å²) in [6.07, 6.45) is 9.66. The van der Waals surface area contributed by atoms with E-state index in [0.717, 1.165) is 29.7 Å². The minimum Gasteiger partial charge on any atom is -1.00 e. The molecule has 1 unspecified atom stereocenters. The van der Waals surface area contributed by atoms with Crippen LogP contribution in [-0.2, 0) is 11.0 Å². The van der Waals surface area contributed by atoms with E-state index < -0.39 is 13.4 Å². The number of aromatic nitrogens is 2. The van der Waals surface area contributed by atoms with Crippen molar-refractivity contribution in [1.82, 2.24) is 0 Å². The van der Waals surface area contributed by atoms with Crippen molar-refractivity contribution in [2.45, 2.75) is 32.5 Å². The second-order valence-electron chi connectivity index (χ2n) is 6.67. The lowest BCUT2D eigenvalue weighted by Crippen LogP contribution is -3.00. The Hall–Kier alpha value is -1.75. The molecule has 0 amide bonds. The Morgan fingerprint density at radius 2 is 1.48 bits per heavy atom. The molecule has 29 heavy (non-hydrogen) atoms. The van der Waals surface area contributed by atoms with Gasteiger partial charge < -0.3 is 34.6 Å². The van der Waals surface area contributed by atoms with E-state index in [1.54, 1.807) is 12.4 Å². The average Bonchev–Trinajstić information content (AvgIpc) is 2.67. The lowest BCUT2D eigenvalue weighted by Gasteiger charge is -2.09. The van der Waals surface area contributed by atoms with Gasteiger partial charge in [-0.2, -0.15) is 9.13 Å². The fourth-order valence-electron chi connectivity index (χ4n) is 3.01. The van der Waals surface area contributed by atoms with Crippen LogP contribution in [0.2, 0.25) is 0 Å². The first-order valence-electron chi connectivity index (χ1n) is 9.05. The quantitative estimate of drug-likeness (QED) is 0.321. The van der Waals surface area contributed by atoms with Crippen LogP contribution in [0.25, 0.3) is 16.8 Å². The van der Waals surface area contributed by atoms with Gasteiger partial charge in [0.25, 0.3) is 5.78 Å². The summed E-state index contributed by atoms with van der Waals surface area (Å²) in [6.45, 7) is 3.69. The molecule has 0 bridgehead atoms. The number of hydrogen-bond donors (Lipinski definition) is 2. The van der Waals surface area contributed by atoms with Crippen LogP contribution >= 0.6 is 7.60 Å². The standard InChI is InChI=1S/C21H23N2O3P.2ClH/c1-3-5-18-6-4-7-21(16-18)23-14-10-20(11-15-23)19-8-12-22(13-9-19)17(2)27(24,25)26;;/h4,6-17H,3,5H2,1-2H3;2*1H. The van der Waals surface area contributed by atoms with Crippen LogP contribution in [-0.4, -0.2) is 9.79 Å². The summed E-state index contributed by atoms with van der Waals surface area (Å²) in [5.41, 5.74) is 4.51. The molecule has 5 nitrogen and oxygen atoms in total. The van der Waals surface area contributed by atoms with Gasteiger partial charge in [-0.05, 0) is 23.1 Å². The monoisotopic (exact) mass is 454 g/mol. The van der Waals surface area contributed by atoms with E-state index in [1.807, 2.05) is 36.7 Å². The molecular formula is C21H25Cl2N2O3P. The molecule has 1 aromatic carbocycles. The first-order valence-corrected chi connectivity index (χ1v) is 10.7. The molecular weight excluding hydrogens is 430 g/mol. The number of benzene rings is 1. The summed E-state index contributed by atoms with van der Waals surface area (Å²) in [4.78, 5) is 18.6. The summed E-state index contributed by atoms with van der Waals surface area (Å²) in [6, 6.07) is 16.4. The molecule has 2 N–H and O–H groups in total.